The minimum atomic E-state index is -4.11. The van der Waals surface area contributed by atoms with Gasteiger partial charge in [-0.25, -0.2) is 18.6 Å². The number of aromatic hydroxyl groups is 2. The number of aliphatic carboxylic acids is 1. The van der Waals surface area contributed by atoms with Crippen LogP contribution in [-0.4, -0.2) is 81.3 Å². The number of carbonyl (C=O) groups is 4. The van der Waals surface area contributed by atoms with Gasteiger partial charge in [-0.2, -0.15) is 5.10 Å². The maximum absolute atomic E-state index is 12.7. The summed E-state index contributed by atoms with van der Waals surface area (Å²) >= 11 is 5.79. The lowest BCUT2D eigenvalue weighted by Crippen LogP contribution is -2.57. The molecule has 0 spiro atoms. The molecule has 2 fully saturated rings. The molecule has 1 aromatic rings. The number of benzene rings is 1. The molecule has 0 aromatic heterocycles. The number of hydrogen-bond acceptors (Lipinski definition) is 9. The van der Waals surface area contributed by atoms with E-state index >= 15 is 0 Å². The average Bonchev–Trinajstić information content (AvgIpc) is 2.86. The first kappa shape index (κ1) is 24.3. The van der Waals surface area contributed by atoms with Crippen molar-refractivity contribution in [2.45, 2.75) is 35.9 Å². The molecule has 2 aliphatic rings. The molecule has 0 aliphatic carbocycles. The van der Waals surface area contributed by atoms with E-state index in [-0.39, 0.29) is 30.0 Å². The number of β-lactam (4-membered cyclic amide) rings is 1. The number of carbonyl (C=O) groups excluding carboxylic acids is 3. The van der Waals surface area contributed by atoms with Gasteiger partial charge in [0.05, 0.1) is 17.0 Å². The van der Waals surface area contributed by atoms with Crippen molar-refractivity contribution in [2.24, 2.45) is 5.10 Å². The van der Waals surface area contributed by atoms with E-state index in [4.69, 9.17) is 11.6 Å². The Bertz CT molecular complexity index is 1190. The van der Waals surface area contributed by atoms with Crippen LogP contribution in [0.3, 0.4) is 0 Å². The predicted molar refractivity (Wildman–Crippen MR) is 112 cm³/mol. The summed E-state index contributed by atoms with van der Waals surface area (Å²) in [4.78, 5) is 48.2. The Hall–Kier alpha value is -3.39. The van der Waals surface area contributed by atoms with Gasteiger partial charge in [0.25, 0.3) is 5.91 Å². The molecule has 33 heavy (non-hydrogen) atoms. The summed E-state index contributed by atoms with van der Waals surface area (Å²) in [6, 6.07) is 0.558. The van der Waals surface area contributed by atoms with Crippen molar-refractivity contribution >= 4 is 51.3 Å². The number of fused-ring (bicyclic) bond motifs is 1. The SMILES string of the molecule is C[C@]1(/C=N/NC(=O)CCNC(=O)c2ccc(O)c(O)c2Cl)[C@H](C(=O)O)N2C(=O)C[C@H]2S1(=O)=O. The molecule has 2 aliphatic heterocycles. The first-order valence-corrected chi connectivity index (χ1v) is 11.3. The van der Waals surface area contributed by atoms with E-state index in [0.717, 1.165) is 24.1 Å². The Morgan fingerprint density at radius 2 is 2.00 bits per heavy atom. The lowest BCUT2D eigenvalue weighted by atomic mass is 9.97. The van der Waals surface area contributed by atoms with Gasteiger partial charge in [0.15, 0.2) is 27.4 Å². The number of halogens is 1. The average molecular weight is 503 g/mol. The normalized spacial score (nSPS) is 25.4. The highest BCUT2D eigenvalue weighted by atomic mass is 35.5. The van der Waals surface area contributed by atoms with E-state index in [1.54, 1.807) is 0 Å². The molecule has 0 bridgehead atoms. The topological polar surface area (TPSA) is 203 Å². The number of phenols is 2. The van der Waals surface area contributed by atoms with Gasteiger partial charge in [-0.1, -0.05) is 11.6 Å². The number of carboxylic acids is 1. The van der Waals surface area contributed by atoms with Crippen LogP contribution >= 0.6 is 11.6 Å². The van der Waals surface area contributed by atoms with Crippen LogP contribution in [0.25, 0.3) is 0 Å². The monoisotopic (exact) mass is 502 g/mol. The van der Waals surface area contributed by atoms with Crippen LogP contribution in [0.1, 0.15) is 30.1 Å². The minimum Gasteiger partial charge on any atom is -0.504 e. The summed E-state index contributed by atoms with van der Waals surface area (Å²) in [5.74, 6) is -4.75. The summed E-state index contributed by atoms with van der Waals surface area (Å²) in [7, 11) is -4.11. The van der Waals surface area contributed by atoms with Crippen LogP contribution in [0.15, 0.2) is 17.2 Å². The lowest BCUT2D eigenvalue weighted by Gasteiger charge is -2.35. The predicted octanol–water partition coefficient (Wildman–Crippen LogP) is -0.828. The zero-order valence-corrected chi connectivity index (χ0v) is 18.6. The first-order valence-electron chi connectivity index (χ1n) is 9.42. The van der Waals surface area contributed by atoms with Crippen molar-refractivity contribution in [3.05, 3.63) is 22.7 Å². The molecule has 13 nitrogen and oxygen atoms in total. The second kappa shape index (κ2) is 8.51. The molecule has 3 amide bonds. The highest BCUT2D eigenvalue weighted by molar-refractivity contribution is 7.94. The van der Waals surface area contributed by atoms with Gasteiger partial charge in [-0.15, -0.1) is 0 Å². The highest BCUT2D eigenvalue weighted by Crippen LogP contribution is 2.45. The smallest absolute Gasteiger partial charge is 0.328 e. The zero-order chi connectivity index (χ0) is 24.7. The van der Waals surface area contributed by atoms with Crippen molar-refractivity contribution in [1.82, 2.24) is 15.6 Å². The number of nitrogens with zero attached hydrogens (tertiary/aromatic N) is 2. The number of phenolic OH excluding ortho intramolecular Hbond substituents is 2. The second-order valence-corrected chi connectivity index (χ2v) is 10.4. The third kappa shape index (κ3) is 3.95. The minimum absolute atomic E-state index is 0.136. The Morgan fingerprint density at radius 3 is 2.61 bits per heavy atom. The van der Waals surface area contributed by atoms with Crippen molar-refractivity contribution in [2.75, 3.05) is 6.54 Å². The summed E-state index contributed by atoms with van der Waals surface area (Å²) in [5.41, 5.74) is 1.92. The van der Waals surface area contributed by atoms with Gasteiger partial charge in [-0.05, 0) is 19.1 Å². The van der Waals surface area contributed by atoms with Crippen LogP contribution in [0, 0.1) is 0 Å². The fourth-order valence-electron chi connectivity index (χ4n) is 3.61. The van der Waals surface area contributed by atoms with E-state index in [2.05, 4.69) is 15.8 Å². The van der Waals surface area contributed by atoms with E-state index in [1.807, 2.05) is 0 Å². The van der Waals surface area contributed by atoms with Gasteiger partial charge in [0, 0.05) is 19.2 Å². The maximum atomic E-state index is 12.7. The highest BCUT2D eigenvalue weighted by Gasteiger charge is 2.69. The summed E-state index contributed by atoms with van der Waals surface area (Å²) in [5, 5.41) is 32.7. The molecule has 3 rings (SSSR count). The van der Waals surface area contributed by atoms with Crippen LogP contribution in [0.4, 0.5) is 0 Å². The molecule has 1 aromatic carbocycles. The van der Waals surface area contributed by atoms with E-state index in [9.17, 15) is 42.9 Å². The lowest BCUT2D eigenvalue weighted by molar-refractivity contribution is -0.156. The van der Waals surface area contributed by atoms with E-state index < -0.39 is 61.2 Å². The standard InChI is InChI=1S/C18H19ClN4O9S/c1-18(15(17(29)30)23-11(26)6-12(23)33(18,31)32)7-21-22-10(25)4-5-20-16(28)8-2-3-9(24)14(27)13(8)19/h2-3,7,12,15,24,27H,4-6H2,1H3,(H,20,28)(H,22,25)(H,29,30)/b21-7+/t12-,15+,18+/m1/s1. The molecule has 2 heterocycles. The summed E-state index contributed by atoms with van der Waals surface area (Å²) in [6.45, 7) is 0.926. The van der Waals surface area contributed by atoms with Crippen molar-refractivity contribution in [1.29, 1.82) is 0 Å². The molecule has 0 unspecified atom stereocenters. The van der Waals surface area contributed by atoms with Gasteiger partial charge < -0.3 is 25.5 Å². The molecule has 3 atom stereocenters. The van der Waals surface area contributed by atoms with Crippen molar-refractivity contribution in [3.8, 4) is 11.5 Å². The number of hydrazone groups is 1. The third-order valence-electron chi connectivity index (χ3n) is 5.46. The Morgan fingerprint density at radius 1 is 1.33 bits per heavy atom. The Labute approximate surface area is 191 Å². The molecule has 0 radical (unpaired) electrons. The molecule has 5 N–H and O–H groups in total. The van der Waals surface area contributed by atoms with Gasteiger partial charge in [0.1, 0.15) is 10.1 Å². The molecular weight excluding hydrogens is 484 g/mol. The molecule has 15 heteroatoms. The zero-order valence-electron chi connectivity index (χ0n) is 17.0. The van der Waals surface area contributed by atoms with Crippen molar-refractivity contribution in [3.63, 3.8) is 0 Å². The number of carboxylic acid groups (broad SMARTS) is 1. The Kier molecular flexibility index (Phi) is 6.26. The summed E-state index contributed by atoms with van der Waals surface area (Å²) in [6.07, 6.45) is 0.177. The van der Waals surface area contributed by atoms with Crippen molar-refractivity contribution < 1.29 is 42.9 Å². The van der Waals surface area contributed by atoms with E-state index in [0.29, 0.717) is 0 Å². The Balaban J connectivity index is 1.59. The van der Waals surface area contributed by atoms with Gasteiger partial charge in [-0.3, -0.25) is 14.4 Å². The number of nitrogens with one attached hydrogen (secondary N) is 2. The third-order valence-corrected chi connectivity index (χ3v) is 8.51. The fourth-order valence-corrected chi connectivity index (χ4v) is 6.06. The first-order chi connectivity index (χ1) is 15.3. The molecule has 2 saturated heterocycles. The molecule has 0 saturated carbocycles. The van der Waals surface area contributed by atoms with Crippen LogP contribution in [-0.2, 0) is 24.2 Å². The second-order valence-electron chi connectivity index (χ2n) is 7.52. The maximum Gasteiger partial charge on any atom is 0.328 e. The van der Waals surface area contributed by atoms with Crippen LogP contribution in [0.5, 0.6) is 11.5 Å². The molecule has 178 valence electrons. The quantitative estimate of drug-likeness (QED) is 0.136. The van der Waals surface area contributed by atoms with Gasteiger partial charge >= 0.3 is 5.97 Å². The van der Waals surface area contributed by atoms with Crippen LogP contribution < -0.4 is 10.7 Å². The fraction of sp³-hybridized carbons (Fsp3) is 0.389. The number of hydrogen-bond donors (Lipinski definition) is 5. The number of rotatable bonds is 7. The van der Waals surface area contributed by atoms with Gasteiger partial charge in [0.2, 0.25) is 11.8 Å². The van der Waals surface area contributed by atoms with E-state index in [1.165, 1.54) is 6.07 Å². The number of sulfone groups is 1. The number of amides is 3. The summed E-state index contributed by atoms with van der Waals surface area (Å²) < 4.78 is 23.4. The largest absolute Gasteiger partial charge is 0.504 e. The molecular formula is C18H19ClN4O9S. The van der Waals surface area contributed by atoms with Crippen LogP contribution in [0.2, 0.25) is 5.02 Å².